The molecule has 0 saturated carbocycles. The molecule has 5 rings (SSSR count). The summed E-state index contributed by atoms with van der Waals surface area (Å²) >= 11 is 0. The second-order valence-corrected chi connectivity index (χ2v) is 8.98. The van der Waals surface area contributed by atoms with Crippen molar-refractivity contribution < 1.29 is 13.9 Å². The Bertz CT molecular complexity index is 1590. The third-order valence-electron chi connectivity index (χ3n) is 6.46. The van der Waals surface area contributed by atoms with E-state index in [0.717, 1.165) is 33.6 Å². The predicted molar refractivity (Wildman–Crippen MR) is 132 cm³/mol. The Labute approximate surface area is 201 Å². The monoisotopic (exact) mass is 471 g/mol. The number of rotatable bonds is 4. The lowest BCUT2D eigenvalue weighted by atomic mass is 9.81. The van der Waals surface area contributed by atoms with Gasteiger partial charge in [-0.05, 0) is 54.2 Å². The summed E-state index contributed by atoms with van der Waals surface area (Å²) in [5.41, 5.74) is 3.17. The lowest BCUT2D eigenvalue weighted by molar-refractivity contribution is 0.0463. The summed E-state index contributed by atoms with van der Waals surface area (Å²) in [7, 11) is 2.95. The van der Waals surface area contributed by atoms with Crippen molar-refractivity contribution in [3.8, 4) is 0 Å². The topological polar surface area (TPSA) is 96.3 Å². The van der Waals surface area contributed by atoms with E-state index < -0.39 is 17.2 Å². The average Bonchev–Trinajstić information content (AvgIpc) is 3.36. The van der Waals surface area contributed by atoms with E-state index >= 15 is 0 Å². The maximum Gasteiger partial charge on any atom is 0.339 e. The molecule has 0 saturated heterocycles. The molecular weight excluding hydrogens is 446 g/mol. The van der Waals surface area contributed by atoms with Crippen LogP contribution in [0.1, 0.15) is 46.4 Å². The maximum atomic E-state index is 13.5. The number of ether oxygens (including phenoxy) is 1. The highest BCUT2D eigenvalue weighted by Gasteiger charge is 2.29. The van der Waals surface area contributed by atoms with Gasteiger partial charge in [-0.25, -0.2) is 14.6 Å². The third-order valence-corrected chi connectivity index (χ3v) is 6.46. The molecule has 4 aromatic rings. The fourth-order valence-corrected chi connectivity index (χ4v) is 4.64. The Hall–Kier alpha value is -4.20. The molecule has 0 fully saturated rings. The standard InChI is InChI=1S/C27H25N3O5/c1-16-11-17(13-19-7-6-10-34-19)25-21(12-16)24(20-8-4-5-9-22(20)28-25)26(32)35-15-18-14-23(31)30(3)27(33)29(18)2/h4-10,13-14,16H,11-12,15H2,1-3H3/b17-13+. The van der Waals surface area contributed by atoms with Crippen LogP contribution in [0, 0.1) is 5.92 Å². The molecule has 0 bridgehead atoms. The number of para-hydroxylation sites is 1. The van der Waals surface area contributed by atoms with Crippen molar-refractivity contribution in [2.24, 2.45) is 20.0 Å². The molecule has 0 N–H and O–H groups in total. The number of allylic oxidation sites excluding steroid dienone is 1. The van der Waals surface area contributed by atoms with Crippen molar-refractivity contribution in [2.75, 3.05) is 0 Å². The number of nitrogens with zero attached hydrogens (tertiary/aromatic N) is 3. The van der Waals surface area contributed by atoms with E-state index in [2.05, 4.69) is 6.92 Å². The first kappa shape index (κ1) is 22.6. The van der Waals surface area contributed by atoms with Crippen molar-refractivity contribution in [3.63, 3.8) is 0 Å². The minimum absolute atomic E-state index is 0.198. The van der Waals surface area contributed by atoms with Crippen LogP contribution in [0.15, 0.2) is 62.7 Å². The van der Waals surface area contributed by atoms with Crippen LogP contribution in [0.25, 0.3) is 22.6 Å². The van der Waals surface area contributed by atoms with Gasteiger partial charge in [0.05, 0.1) is 28.7 Å². The zero-order valence-electron chi connectivity index (χ0n) is 19.8. The molecule has 8 nitrogen and oxygen atoms in total. The molecule has 0 amide bonds. The minimum Gasteiger partial charge on any atom is -0.465 e. The van der Waals surface area contributed by atoms with Gasteiger partial charge >= 0.3 is 11.7 Å². The number of hydrogen-bond donors (Lipinski definition) is 0. The van der Waals surface area contributed by atoms with Crippen molar-refractivity contribution in [2.45, 2.75) is 26.4 Å². The highest BCUT2D eigenvalue weighted by Crippen LogP contribution is 2.38. The van der Waals surface area contributed by atoms with Crippen molar-refractivity contribution >= 4 is 28.5 Å². The van der Waals surface area contributed by atoms with Gasteiger partial charge in [-0.3, -0.25) is 13.9 Å². The molecule has 1 aliphatic carbocycles. The lowest BCUT2D eigenvalue weighted by Gasteiger charge is -2.26. The number of fused-ring (bicyclic) bond motifs is 2. The van der Waals surface area contributed by atoms with Crippen LogP contribution < -0.4 is 11.2 Å². The molecule has 178 valence electrons. The van der Waals surface area contributed by atoms with E-state index in [1.165, 1.54) is 17.7 Å². The van der Waals surface area contributed by atoms with Gasteiger partial charge in [0, 0.05) is 25.5 Å². The fourth-order valence-electron chi connectivity index (χ4n) is 4.64. The molecule has 0 aliphatic heterocycles. The molecule has 1 aliphatic rings. The Kier molecular flexibility index (Phi) is 5.72. The lowest BCUT2D eigenvalue weighted by Crippen LogP contribution is -2.38. The second-order valence-electron chi connectivity index (χ2n) is 8.98. The molecule has 35 heavy (non-hydrogen) atoms. The first-order valence-corrected chi connectivity index (χ1v) is 11.4. The summed E-state index contributed by atoms with van der Waals surface area (Å²) in [6, 6.07) is 12.5. The highest BCUT2D eigenvalue weighted by molar-refractivity contribution is 6.06. The van der Waals surface area contributed by atoms with E-state index in [1.807, 2.05) is 42.5 Å². The summed E-state index contributed by atoms with van der Waals surface area (Å²) in [4.78, 5) is 42.8. The Balaban J connectivity index is 1.60. The van der Waals surface area contributed by atoms with Crippen molar-refractivity contribution in [1.82, 2.24) is 14.1 Å². The molecule has 1 atom stereocenters. The summed E-state index contributed by atoms with van der Waals surface area (Å²) < 4.78 is 13.5. The Morgan fingerprint density at radius 1 is 1.14 bits per heavy atom. The van der Waals surface area contributed by atoms with Gasteiger partial charge in [-0.2, -0.15) is 0 Å². The molecule has 0 spiro atoms. The van der Waals surface area contributed by atoms with Gasteiger partial charge in [-0.15, -0.1) is 0 Å². The zero-order chi connectivity index (χ0) is 24.7. The highest BCUT2D eigenvalue weighted by atomic mass is 16.5. The summed E-state index contributed by atoms with van der Waals surface area (Å²) in [6.07, 6.45) is 5.09. The van der Waals surface area contributed by atoms with Gasteiger partial charge in [0.15, 0.2) is 0 Å². The number of esters is 1. The number of carbonyl (C=O) groups excluding carboxylic acids is 1. The van der Waals surface area contributed by atoms with Crippen molar-refractivity contribution in [1.29, 1.82) is 0 Å². The first-order valence-electron chi connectivity index (χ1n) is 11.4. The van der Waals surface area contributed by atoms with E-state index in [-0.39, 0.29) is 12.5 Å². The Morgan fingerprint density at radius 3 is 2.71 bits per heavy atom. The summed E-state index contributed by atoms with van der Waals surface area (Å²) in [5, 5.41) is 0.709. The molecule has 3 heterocycles. The van der Waals surface area contributed by atoms with Crippen LogP contribution in [0.4, 0.5) is 0 Å². The number of hydrogen-bond acceptors (Lipinski definition) is 6. The normalized spacial score (nSPS) is 16.4. The average molecular weight is 472 g/mol. The smallest absolute Gasteiger partial charge is 0.339 e. The molecular formula is C27H25N3O5. The molecule has 8 heteroatoms. The SMILES string of the molecule is CC1C/C(=C\c2ccco2)c2nc3ccccc3c(C(=O)OCc3cc(=O)n(C)c(=O)n3C)c2C1. The van der Waals surface area contributed by atoms with Crippen LogP contribution in [0.3, 0.4) is 0 Å². The zero-order valence-corrected chi connectivity index (χ0v) is 19.8. The van der Waals surface area contributed by atoms with Crippen LogP contribution in [-0.2, 0) is 31.9 Å². The second kappa shape index (κ2) is 8.87. The largest absolute Gasteiger partial charge is 0.465 e. The molecule has 0 radical (unpaired) electrons. The van der Waals surface area contributed by atoms with Crippen molar-refractivity contribution in [3.05, 3.63) is 97.8 Å². The minimum atomic E-state index is -0.514. The third kappa shape index (κ3) is 4.12. The first-order chi connectivity index (χ1) is 16.8. The van der Waals surface area contributed by atoms with Crippen LogP contribution in [0.5, 0.6) is 0 Å². The Morgan fingerprint density at radius 2 is 1.94 bits per heavy atom. The molecule has 3 aromatic heterocycles. The number of pyridine rings is 1. The van der Waals surface area contributed by atoms with E-state index in [0.29, 0.717) is 28.6 Å². The number of carbonyl (C=O) groups is 1. The predicted octanol–water partition coefficient (Wildman–Crippen LogP) is 3.71. The van der Waals surface area contributed by atoms with Gasteiger partial charge < -0.3 is 9.15 Å². The number of furan rings is 1. The molecule has 1 aromatic carbocycles. The maximum absolute atomic E-state index is 13.5. The van der Waals surface area contributed by atoms with E-state index in [4.69, 9.17) is 14.1 Å². The van der Waals surface area contributed by atoms with E-state index in [9.17, 15) is 14.4 Å². The van der Waals surface area contributed by atoms with Crippen LogP contribution in [0.2, 0.25) is 0 Å². The summed E-state index contributed by atoms with van der Waals surface area (Å²) in [6.45, 7) is 1.94. The fraction of sp³-hybridized carbons (Fsp3) is 0.259. The summed E-state index contributed by atoms with van der Waals surface area (Å²) in [5.74, 6) is 0.501. The van der Waals surface area contributed by atoms with Gasteiger partial charge in [0.1, 0.15) is 12.4 Å². The number of benzene rings is 1. The van der Waals surface area contributed by atoms with Crippen LogP contribution in [-0.4, -0.2) is 20.1 Å². The van der Waals surface area contributed by atoms with E-state index in [1.54, 1.807) is 13.3 Å². The number of aromatic nitrogens is 3. The van der Waals surface area contributed by atoms with Gasteiger partial charge in [0.25, 0.3) is 5.56 Å². The van der Waals surface area contributed by atoms with Gasteiger partial charge in [0.2, 0.25) is 0 Å². The van der Waals surface area contributed by atoms with Crippen LogP contribution >= 0.6 is 0 Å². The quantitative estimate of drug-likeness (QED) is 0.421. The van der Waals surface area contributed by atoms with Gasteiger partial charge in [-0.1, -0.05) is 25.1 Å². The molecule has 1 unspecified atom stereocenters.